The van der Waals surface area contributed by atoms with Crippen LogP contribution in [0.3, 0.4) is 0 Å². The van der Waals surface area contributed by atoms with E-state index in [4.69, 9.17) is 20.4 Å². The molecule has 0 bridgehead atoms. The Bertz CT molecular complexity index is 200. The van der Waals surface area contributed by atoms with Crippen LogP contribution in [0.4, 0.5) is 4.79 Å². The van der Waals surface area contributed by atoms with Gasteiger partial charge < -0.3 is 25.7 Å². The molecule has 0 saturated carbocycles. The molecule has 0 aromatic rings. The van der Waals surface area contributed by atoms with Crippen molar-refractivity contribution < 1.29 is 25.2 Å². The molecule has 0 aromatic carbocycles. The smallest absolute Gasteiger partial charge is 0.319 e. The Hall–Kier alpha value is -0.890. The van der Waals surface area contributed by atoms with Gasteiger partial charge in [0, 0.05) is 0 Å². The molecule has 0 unspecified atom stereocenters. The third-order valence-corrected chi connectivity index (χ3v) is 1.85. The average Bonchev–Trinajstić information content (AvgIpc) is 2.20. The van der Waals surface area contributed by atoms with E-state index < -0.39 is 30.7 Å². The summed E-state index contributed by atoms with van der Waals surface area (Å²) in [5, 5.41) is 39.4. The molecule has 1 aliphatic rings. The van der Waals surface area contributed by atoms with Crippen LogP contribution >= 0.6 is 0 Å². The van der Waals surface area contributed by atoms with Gasteiger partial charge in [0.2, 0.25) is 0 Å². The van der Waals surface area contributed by atoms with Crippen molar-refractivity contribution in [1.29, 1.82) is 0 Å². The minimum absolute atomic E-state index is 0.783. The van der Waals surface area contributed by atoms with Crippen LogP contribution in [-0.4, -0.2) is 51.1 Å². The molecule has 1 rings (SSSR count). The van der Waals surface area contributed by atoms with Crippen molar-refractivity contribution in [3.8, 4) is 0 Å². The summed E-state index contributed by atoms with van der Waals surface area (Å²) in [6.45, 7) is -1.57. The number of hydrogen-bond acceptors (Lipinski definition) is 5. The normalized spacial score (nSPS) is 24.8. The first-order valence-corrected chi connectivity index (χ1v) is 3.24. The molecule has 7 heteroatoms. The summed E-state index contributed by atoms with van der Waals surface area (Å²) in [6, 6.07) is -0.858. The van der Waals surface area contributed by atoms with Crippen LogP contribution in [0.2, 0.25) is 0 Å². The highest BCUT2D eigenvalue weighted by molar-refractivity contribution is 5.78. The van der Waals surface area contributed by atoms with Gasteiger partial charge in [-0.25, -0.2) is 4.79 Å². The monoisotopic (exact) mass is 178 g/mol. The lowest BCUT2D eigenvalue weighted by Gasteiger charge is -2.32. The first-order valence-electron chi connectivity index (χ1n) is 3.24. The second-order valence-corrected chi connectivity index (χ2v) is 2.65. The Labute approximate surface area is 67.6 Å². The quantitative estimate of drug-likeness (QED) is 0.247. The Morgan fingerprint density at radius 1 is 1.17 bits per heavy atom. The number of rotatable bonds is 2. The summed E-state index contributed by atoms with van der Waals surface area (Å²) in [5.74, 6) is -2.63. The second-order valence-electron chi connectivity index (χ2n) is 2.65. The zero-order chi connectivity index (χ0) is 9.41. The molecule has 1 fully saturated rings. The van der Waals surface area contributed by atoms with Gasteiger partial charge in [0.1, 0.15) is 0 Å². The molecule has 12 heavy (non-hydrogen) atoms. The van der Waals surface area contributed by atoms with E-state index in [0.29, 0.717) is 0 Å². The van der Waals surface area contributed by atoms with Gasteiger partial charge in [0.15, 0.2) is 5.54 Å². The summed E-state index contributed by atoms with van der Waals surface area (Å²) in [7, 11) is 0. The van der Waals surface area contributed by atoms with Crippen molar-refractivity contribution in [2.45, 2.75) is 11.4 Å². The maximum Gasteiger partial charge on any atom is 0.319 e. The zero-order valence-electron chi connectivity index (χ0n) is 6.11. The Balaban J connectivity index is 2.94. The lowest BCUT2D eigenvalue weighted by atomic mass is 9.99. The van der Waals surface area contributed by atoms with Crippen molar-refractivity contribution in [3.05, 3.63) is 0 Å². The molecule has 1 saturated heterocycles. The Morgan fingerprint density at radius 2 is 1.67 bits per heavy atom. The van der Waals surface area contributed by atoms with Gasteiger partial charge in [-0.1, -0.05) is 0 Å². The van der Waals surface area contributed by atoms with Crippen LogP contribution in [0.5, 0.6) is 0 Å². The lowest BCUT2D eigenvalue weighted by Crippen LogP contribution is -2.64. The molecule has 6 N–H and O–H groups in total. The molecule has 2 amide bonds. The van der Waals surface area contributed by atoms with Crippen LogP contribution in [0.1, 0.15) is 0 Å². The number of carbonyl (C=O) groups excluding carboxylic acids is 1. The third kappa shape index (κ3) is 1.03. The highest BCUT2D eigenvalue weighted by Crippen LogP contribution is 2.21. The summed E-state index contributed by atoms with van der Waals surface area (Å²) >= 11 is 0. The van der Waals surface area contributed by atoms with E-state index in [1.54, 1.807) is 5.32 Å². The third-order valence-electron chi connectivity index (χ3n) is 1.85. The molecule has 0 atom stereocenters. The van der Waals surface area contributed by atoms with Crippen molar-refractivity contribution in [3.63, 3.8) is 0 Å². The Kier molecular flexibility index (Phi) is 1.96. The average molecular weight is 178 g/mol. The van der Waals surface area contributed by atoms with Gasteiger partial charge in [-0.3, -0.25) is 5.32 Å². The molecule has 0 aromatic heterocycles. The highest BCUT2D eigenvalue weighted by atomic mass is 16.5. The topological polar surface area (TPSA) is 122 Å². The number of carbonyl (C=O) groups is 1. The summed E-state index contributed by atoms with van der Waals surface area (Å²) in [6.07, 6.45) is 0. The molecule has 1 heterocycles. The predicted octanol–water partition coefficient (Wildman–Crippen LogP) is -3.34. The minimum Gasteiger partial charge on any atom is -0.394 e. The number of nitrogens with one attached hydrogen (secondary N) is 2. The molecule has 70 valence electrons. The van der Waals surface area contributed by atoms with E-state index >= 15 is 0 Å². The van der Waals surface area contributed by atoms with Gasteiger partial charge in [-0.2, -0.15) is 0 Å². The van der Waals surface area contributed by atoms with Crippen LogP contribution in [-0.2, 0) is 0 Å². The first kappa shape index (κ1) is 9.20. The number of aliphatic hydroxyl groups excluding tert-OH is 2. The summed E-state index contributed by atoms with van der Waals surface area (Å²) in [5.41, 5.74) is -1.84. The fourth-order valence-electron chi connectivity index (χ4n) is 0.963. The van der Waals surface area contributed by atoms with Crippen molar-refractivity contribution in [2.24, 2.45) is 0 Å². The van der Waals surface area contributed by atoms with E-state index in [-0.39, 0.29) is 0 Å². The van der Waals surface area contributed by atoms with E-state index in [0.717, 1.165) is 0 Å². The molecule has 0 radical (unpaired) electrons. The molecular weight excluding hydrogens is 168 g/mol. The summed E-state index contributed by atoms with van der Waals surface area (Å²) in [4.78, 5) is 10.6. The molecule has 0 aliphatic carbocycles. The van der Waals surface area contributed by atoms with Crippen LogP contribution in [0.15, 0.2) is 0 Å². The standard InChI is InChI=1S/C5H10N2O5/c8-1-4(2-9)5(11,12)7-3(10)6-4/h8-9,11-12H,1-2H2,(H2,6,7,10). The maximum absolute atomic E-state index is 10.6. The van der Waals surface area contributed by atoms with Gasteiger partial charge >= 0.3 is 6.03 Å². The highest BCUT2D eigenvalue weighted by Gasteiger charge is 2.57. The number of hydrogen-bond donors (Lipinski definition) is 6. The van der Waals surface area contributed by atoms with Crippen molar-refractivity contribution in [2.75, 3.05) is 13.2 Å². The predicted molar refractivity (Wildman–Crippen MR) is 35.7 cm³/mol. The maximum atomic E-state index is 10.6. The van der Waals surface area contributed by atoms with Crippen LogP contribution < -0.4 is 10.6 Å². The van der Waals surface area contributed by atoms with Gasteiger partial charge in [-0.15, -0.1) is 0 Å². The SMILES string of the molecule is O=C1NC(O)(O)C(CO)(CO)N1. The fourth-order valence-corrected chi connectivity index (χ4v) is 0.963. The lowest BCUT2D eigenvalue weighted by molar-refractivity contribution is -0.228. The molecule has 0 spiro atoms. The van der Waals surface area contributed by atoms with Gasteiger partial charge in [-0.05, 0) is 0 Å². The van der Waals surface area contributed by atoms with Crippen LogP contribution in [0.25, 0.3) is 0 Å². The first-order chi connectivity index (χ1) is 5.47. The van der Waals surface area contributed by atoms with E-state index in [1.165, 1.54) is 0 Å². The number of urea groups is 1. The van der Waals surface area contributed by atoms with E-state index in [2.05, 4.69) is 0 Å². The zero-order valence-corrected chi connectivity index (χ0v) is 6.11. The van der Waals surface area contributed by atoms with Crippen molar-refractivity contribution in [1.82, 2.24) is 10.6 Å². The van der Waals surface area contributed by atoms with Crippen LogP contribution in [0, 0.1) is 0 Å². The molecule has 7 nitrogen and oxygen atoms in total. The molecular formula is C5H10N2O5. The van der Waals surface area contributed by atoms with E-state index in [9.17, 15) is 4.79 Å². The molecule has 1 aliphatic heterocycles. The number of aliphatic hydroxyl groups is 4. The number of amides is 2. The van der Waals surface area contributed by atoms with Gasteiger partial charge in [0.25, 0.3) is 5.91 Å². The van der Waals surface area contributed by atoms with Gasteiger partial charge in [0.05, 0.1) is 13.2 Å². The summed E-state index contributed by atoms with van der Waals surface area (Å²) < 4.78 is 0. The fraction of sp³-hybridized carbons (Fsp3) is 0.800. The second kappa shape index (κ2) is 2.56. The van der Waals surface area contributed by atoms with Crippen molar-refractivity contribution >= 4 is 6.03 Å². The minimum atomic E-state index is -2.63. The van der Waals surface area contributed by atoms with E-state index in [1.807, 2.05) is 5.32 Å². The Morgan fingerprint density at radius 3 is 1.83 bits per heavy atom. The largest absolute Gasteiger partial charge is 0.394 e.